The lowest BCUT2D eigenvalue weighted by molar-refractivity contribution is 0.414. The minimum atomic E-state index is 0.612. The van der Waals surface area contributed by atoms with Crippen LogP contribution >= 0.6 is 15.9 Å². The van der Waals surface area contributed by atoms with Gasteiger partial charge in [-0.05, 0) is 42.4 Å². The lowest BCUT2D eigenvalue weighted by Crippen LogP contribution is -2.17. The third kappa shape index (κ3) is 4.71. The molecule has 0 amide bonds. The fraction of sp³-hybridized carbons (Fsp3) is 0.600. The van der Waals surface area contributed by atoms with Gasteiger partial charge in [0, 0.05) is 4.83 Å². The van der Waals surface area contributed by atoms with Gasteiger partial charge in [0.1, 0.15) is 5.75 Å². The molecule has 2 unspecified atom stereocenters. The number of halogens is 1. The number of benzene rings is 1. The van der Waals surface area contributed by atoms with E-state index < -0.39 is 0 Å². The molecule has 0 aromatic heterocycles. The van der Waals surface area contributed by atoms with Crippen LogP contribution in [-0.4, -0.2) is 11.9 Å². The number of ether oxygens (including phenoxy) is 1. The molecule has 1 rings (SSSR count). The molecule has 0 aliphatic carbocycles. The Morgan fingerprint density at radius 1 is 1.12 bits per heavy atom. The molecule has 1 aromatic carbocycles. The van der Waals surface area contributed by atoms with Crippen LogP contribution in [-0.2, 0) is 6.42 Å². The van der Waals surface area contributed by atoms with E-state index in [0.717, 1.165) is 12.2 Å². The highest BCUT2D eigenvalue weighted by atomic mass is 79.9. The highest BCUT2D eigenvalue weighted by Crippen LogP contribution is 2.25. The molecule has 2 atom stereocenters. The number of aryl methyl sites for hydroxylation is 1. The molecule has 0 bridgehead atoms. The van der Waals surface area contributed by atoms with Crippen molar-refractivity contribution in [2.45, 2.75) is 38.4 Å². The van der Waals surface area contributed by atoms with Gasteiger partial charge < -0.3 is 4.74 Å². The molecule has 0 fully saturated rings. The second kappa shape index (κ2) is 7.05. The van der Waals surface area contributed by atoms with Gasteiger partial charge in [-0.2, -0.15) is 0 Å². The van der Waals surface area contributed by atoms with Crippen LogP contribution in [0.5, 0.6) is 5.75 Å². The number of hydrogen-bond donors (Lipinski definition) is 0. The van der Waals surface area contributed by atoms with E-state index in [-0.39, 0.29) is 0 Å². The maximum absolute atomic E-state index is 5.16. The van der Waals surface area contributed by atoms with E-state index in [4.69, 9.17) is 4.74 Å². The first-order chi connectivity index (χ1) is 8.04. The molecule has 2 heteroatoms. The molecule has 0 saturated carbocycles. The maximum Gasteiger partial charge on any atom is 0.118 e. The minimum absolute atomic E-state index is 0.612. The van der Waals surface area contributed by atoms with Crippen molar-refractivity contribution >= 4 is 15.9 Å². The molecule has 1 aromatic rings. The smallest absolute Gasteiger partial charge is 0.118 e. The largest absolute Gasteiger partial charge is 0.497 e. The van der Waals surface area contributed by atoms with Gasteiger partial charge in [0.25, 0.3) is 0 Å². The molecule has 1 nitrogen and oxygen atoms in total. The van der Waals surface area contributed by atoms with E-state index in [1.165, 1.54) is 12.0 Å². The summed E-state index contributed by atoms with van der Waals surface area (Å²) in [5, 5.41) is 0. The summed E-state index contributed by atoms with van der Waals surface area (Å²) in [6.07, 6.45) is 2.36. The molecule has 0 spiro atoms. The molecule has 0 radical (unpaired) electrons. The molecule has 96 valence electrons. The molecule has 0 N–H and O–H groups in total. The zero-order valence-electron chi connectivity index (χ0n) is 11.2. The monoisotopic (exact) mass is 298 g/mol. The fourth-order valence-corrected chi connectivity index (χ4v) is 2.27. The summed E-state index contributed by atoms with van der Waals surface area (Å²) in [4.78, 5) is 0.612. The topological polar surface area (TPSA) is 9.23 Å². The Labute approximate surface area is 114 Å². The van der Waals surface area contributed by atoms with Gasteiger partial charge in [0.2, 0.25) is 0 Å². The van der Waals surface area contributed by atoms with Crippen LogP contribution in [0.15, 0.2) is 24.3 Å². The minimum Gasteiger partial charge on any atom is -0.497 e. The van der Waals surface area contributed by atoms with Crippen LogP contribution in [0.25, 0.3) is 0 Å². The molecule has 0 heterocycles. The van der Waals surface area contributed by atoms with E-state index >= 15 is 0 Å². The molecule has 0 aliphatic heterocycles. The molecule has 17 heavy (non-hydrogen) atoms. The van der Waals surface area contributed by atoms with Crippen LogP contribution in [0.3, 0.4) is 0 Å². The predicted molar refractivity (Wildman–Crippen MR) is 78.0 cm³/mol. The van der Waals surface area contributed by atoms with E-state index in [0.29, 0.717) is 16.7 Å². The number of hydrogen-bond acceptors (Lipinski definition) is 1. The summed E-state index contributed by atoms with van der Waals surface area (Å²) in [6.45, 7) is 6.86. The van der Waals surface area contributed by atoms with Crippen molar-refractivity contribution < 1.29 is 4.74 Å². The lowest BCUT2D eigenvalue weighted by atomic mass is 9.93. The first-order valence-corrected chi connectivity index (χ1v) is 7.23. The van der Waals surface area contributed by atoms with Crippen molar-refractivity contribution in [3.63, 3.8) is 0 Å². The van der Waals surface area contributed by atoms with Crippen molar-refractivity contribution in [3.05, 3.63) is 29.8 Å². The number of alkyl halides is 1. The second-order valence-corrected chi connectivity index (χ2v) is 6.11. The Hall–Kier alpha value is -0.500. The Kier molecular flexibility index (Phi) is 6.04. The fourth-order valence-electron chi connectivity index (χ4n) is 2.00. The van der Waals surface area contributed by atoms with Gasteiger partial charge in [-0.15, -0.1) is 0 Å². The van der Waals surface area contributed by atoms with E-state index in [2.05, 4.69) is 48.8 Å². The maximum atomic E-state index is 5.16. The second-order valence-electron chi connectivity index (χ2n) is 5.05. The van der Waals surface area contributed by atoms with Crippen LogP contribution in [0, 0.1) is 11.8 Å². The molecular formula is C15H23BrO. The van der Waals surface area contributed by atoms with Gasteiger partial charge in [-0.3, -0.25) is 0 Å². The van der Waals surface area contributed by atoms with E-state index in [9.17, 15) is 0 Å². The highest BCUT2D eigenvalue weighted by molar-refractivity contribution is 9.09. The Bertz CT molecular complexity index is 318. The molecule has 0 saturated heterocycles. The molecule has 0 aliphatic rings. The Morgan fingerprint density at radius 3 is 2.18 bits per heavy atom. The summed E-state index contributed by atoms with van der Waals surface area (Å²) in [5.41, 5.74) is 1.39. The summed E-state index contributed by atoms with van der Waals surface area (Å²) in [7, 11) is 1.70. The van der Waals surface area contributed by atoms with E-state index in [1.807, 2.05) is 12.1 Å². The summed E-state index contributed by atoms with van der Waals surface area (Å²) in [6, 6.07) is 8.39. The van der Waals surface area contributed by atoms with Gasteiger partial charge in [0.15, 0.2) is 0 Å². The normalized spacial score (nSPS) is 14.7. The Balaban J connectivity index is 2.44. The van der Waals surface area contributed by atoms with Gasteiger partial charge in [-0.1, -0.05) is 48.8 Å². The summed E-state index contributed by atoms with van der Waals surface area (Å²) < 4.78 is 5.16. The summed E-state index contributed by atoms with van der Waals surface area (Å²) in [5.74, 6) is 2.33. The van der Waals surface area contributed by atoms with Crippen LogP contribution < -0.4 is 4.74 Å². The van der Waals surface area contributed by atoms with Gasteiger partial charge in [0.05, 0.1) is 7.11 Å². The van der Waals surface area contributed by atoms with Crippen molar-refractivity contribution in [2.75, 3.05) is 7.11 Å². The zero-order chi connectivity index (χ0) is 12.8. The predicted octanol–water partition coefficient (Wildman–Crippen LogP) is 4.68. The first kappa shape index (κ1) is 14.6. The third-order valence-electron chi connectivity index (χ3n) is 3.23. The standard InChI is InChI=1S/C15H23BrO/c1-11(2)15(16)12(3)5-6-13-7-9-14(17-4)10-8-13/h7-12,15H,5-6H2,1-4H3. The van der Waals surface area contributed by atoms with E-state index in [1.54, 1.807) is 7.11 Å². The first-order valence-electron chi connectivity index (χ1n) is 6.31. The van der Waals surface area contributed by atoms with Crippen molar-refractivity contribution in [1.29, 1.82) is 0 Å². The lowest BCUT2D eigenvalue weighted by Gasteiger charge is -2.21. The molecular weight excluding hydrogens is 276 g/mol. The summed E-state index contributed by atoms with van der Waals surface area (Å²) >= 11 is 3.78. The van der Waals surface area contributed by atoms with Crippen molar-refractivity contribution in [2.24, 2.45) is 11.8 Å². The number of methoxy groups -OCH3 is 1. The van der Waals surface area contributed by atoms with Crippen LogP contribution in [0.4, 0.5) is 0 Å². The quantitative estimate of drug-likeness (QED) is 0.693. The SMILES string of the molecule is COc1ccc(CCC(C)C(Br)C(C)C)cc1. The number of rotatable bonds is 6. The van der Waals surface area contributed by atoms with Crippen molar-refractivity contribution in [3.8, 4) is 5.75 Å². The van der Waals surface area contributed by atoms with Crippen molar-refractivity contribution in [1.82, 2.24) is 0 Å². The van der Waals surface area contributed by atoms with Crippen LogP contribution in [0.2, 0.25) is 0 Å². The van der Waals surface area contributed by atoms with Gasteiger partial charge >= 0.3 is 0 Å². The zero-order valence-corrected chi connectivity index (χ0v) is 12.8. The average molecular weight is 299 g/mol. The third-order valence-corrected chi connectivity index (χ3v) is 5.19. The highest BCUT2D eigenvalue weighted by Gasteiger charge is 2.17. The Morgan fingerprint density at radius 2 is 1.71 bits per heavy atom. The average Bonchev–Trinajstić information content (AvgIpc) is 2.35. The van der Waals surface area contributed by atoms with Gasteiger partial charge in [-0.25, -0.2) is 0 Å². The van der Waals surface area contributed by atoms with Crippen LogP contribution in [0.1, 0.15) is 32.8 Å².